The van der Waals surface area contributed by atoms with E-state index in [0.29, 0.717) is 0 Å². The summed E-state index contributed by atoms with van der Waals surface area (Å²) >= 11 is 0. The van der Waals surface area contributed by atoms with Crippen molar-refractivity contribution in [2.75, 3.05) is 13.6 Å². The van der Waals surface area contributed by atoms with Crippen LogP contribution in [-0.4, -0.2) is 18.5 Å². The lowest BCUT2D eigenvalue weighted by atomic mass is 10.1. The number of nitrogens with zero attached hydrogens (tertiary/aromatic N) is 1. The highest BCUT2D eigenvalue weighted by Crippen LogP contribution is 2.02. The summed E-state index contributed by atoms with van der Waals surface area (Å²) in [4.78, 5) is 2.23. The molecule has 1 heteroatoms. The second-order valence-electron chi connectivity index (χ2n) is 2.71. The molecular formula is C8H18N. The van der Waals surface area contributed by atoms with Gasteiger partial charge in [0, 0.05) is 13.1 Å². The number of hydrogen-bond acceptors (Lipinski definition) is 1. The summed E-state index contributed by atoms with van der Waals surface area (Å²) in [6.07, 6.45) is 1.28. The number of rotatable bonds is 4. The van der Waals surface area contributed by atoms with Gasteiger partial charge >= 0.3 is 0 Å². The van der Waals surface area contributed by atoms with E-state index in [9.17, 15) is 0 Å². The van der Waals surface area contributed by atoms with Gasteiger partial charge in [-0.2, -0.15) is 0 Å². The normalized spacial score (nSPS) is 14.3. The lowest BCUT2D eigenvalue weighted by molar-refractivity contribution is 0.336. The maximum atomic E-state index is 2.28. The monoisotopic (exact) mass is 128 g/mol. The van der Waals surface area contributed by atoms with Crippen molar-refractivity contribution in [1.29, 1.82) is 0 Å². The van der Waals surface area contributed by atoms with Crippen molar-refractivity contribution in [3.63, 3.8) is 0 Å². The SMILES string of the molecule is C[CH]N(C)CC(C)CC. The van der Waals surface area contributed by atoms with E-state index in [-0.39, 0.29) is 0 Å². The summed E-state index contributed by atoms with van der Waals surface area (Å²) in [5.74, 6) is 0.825. The van der Waals surface area contributed by atoms with Gasteiger partial charge in [-0.3, -0.25) is 0 Å². The third-order valence-electron chi connectivity index (χ3n) is 1.74. The Morgan fingerprint density at radius 2 is 2.11 bits per heavy atom. The molecule has 0 aromatic rings. The Morgan fingerprint density at radius 1 is 1.56 bits per heavy atom. The van der Waals surface area contributed by atoms with Crippen LogP contribution in [0.15, 0.2) is 0 Å². The predicted molar refractivity (Wildman–Crippen MR) is 42.1 cm³/mol. The molecule has 0 spiro atoms. The van der Waals surface area contributed by atoms with Crippen molar-refractivity contribution in [2.45, 2.75) is 27.2 Å². The summed E-state index contributed by atoms with van der Waals surface area (Å²) < 4.78 is 0. The molecule has 0 fully saturated rings. The largest absolute Gasteiger partial charge is 0.302 e. The molecule has 0 aliphatic heterocycles. The summed E-state index contributed by atoms with van der Waals surface area (Å²) in [6, 6.07) is 0. The van der Waals surface area contributed by atoms with E-state index in [1.54, 1.807) is 0 Å². The molecule has 0 bridgehead atoms. The Kier molecular flexibility index (Phi) is 4.78. The average Bonchev–Trinajstić information content (AvgIpc) is 1.87. The Hall–Kier alpha value is -0.0400. The van der Waals surface area contributed by atoms with E-state index in [2.05, 4.69) is 39.3 Å². The van der Waals surface area contributed by atoms with Gasteiger partial charge in [0.05, 0.1) is 0 Å². The standard InChI is InChI=1S/C8H18N/c1-5-8(3)7-9(4)6-2/h6,8H,5,7H2,1-4H3. The molecule has 0 aromatic carbocycles. The van der Waals surface area contributed by atoms with Crippen LogP contribution in [0.2, 0.25) is 0 Å². The van der Waals surface area contributed by atoms with E-state index in [4.69, 9.17) is 0 Å². The van der Waals surface area contributed by atoms with Crippen molar-refractivity contribution in [3.8, 4) is 0 Å². The maximum Gasteiger partial charge on any atom is 0.0217 e. The molecule has 1 unspecified atom stereocenters. The molecule has 0 aromatic heterocycles. The minimum absolute atomic E-state index is 0.825. The minimum Gasteiger partial charge on any atom is -0.302 e. The highest BCUT2D eigenvalue weighted by molar-refractivity contribution is 4.61. The van der Waals surface area contributed by atoms with Gasteiger partial charge in [-0.1, -0.05) is 20.3 Å². The van der Waals surface area contributed by atoms with Gasteiger partial charge < -0.3 is 4.90 Å². The van der Waals surface area contributed by atoms with E-state index in [1.165, 1.54) is 13.0 Å². The predicted octanol–water partition coefficient (Wildman–Crippen LogP) is 2.15. The van der Waals surface area contributed by atoms with Crippen molar-refractivity contribution < 1.29 is 0 Å². The van der Waals surface area contributed by atoms with Crippen molar-refractivity contribution in [2.24, 2.45) is 5.92 Å². The van der Waals surface area contributed by atoms with Gasteiger partial charge in [0.15, 0.2) is 0 Å². The molecule has 55 valence electrons. The summed E-state index contributed by atoms with van der Waals surface area (Å²) in [6.45, 7) is 9.88. The molecule has 0 aliphatic rings. The van der Waals surface area contributed by atoms with Crippen LogP contribution in [0, 0.1) is 12.5 Å². The van der Waals surface area contributed by atoms with Crippen molar-refractivity contribution in [1.82, 2.24) is 4.90 Å². The second-order valence-corrected chi connectivity index (χ2v) is 2.71. The van der Waals surface area contributed by atoms with Gasteiger partial charge in [-0.25, -0.2) is 0 Å². The zero-order chi connectivity index (χ0) is 7.28. The second kappa shape index (κ2) is 4.80. The van der Waals surface area contributed by atoms with Gasteiger partial charge in [0.2, 0.25) is 0 Å². The topological polar surface area (TPSA) is 3.24 Å². The summed E-state index contributed by atoms with van der Waals surface area (Å²) in [5, 5.41) is 0. The first-order valence-corrected chi connectivity index (χ1v) is 3.70. The quantitative estimate of drug-likeness (QED) is 0.560. The zero-order valence-corrected chi connectivity index (χ0v) is 7.02. The van der Waals surface area contributed by atoms with Gasteiger partial charge in [-0.15, -0.1) is 0 Å². The number of hydrogen-bond donors (Lipinski definition) is 0. The molecule has 0 amide bonds. The van der Waals surface area contributed by atoms with Crippen LogP contribution in [0.1, 0.15) is 27.2 Å². The lowest BCUT2D eigenvalue weighted by Crippen LogP contribution is -2.20. The maximum absolute atomic E-state index is 2.28. The van der Waals surface area contributed by atoms with Crippen LogP contribution >= 0.6 is 0 Å². The van der Waals surface area contributed by atoms with Crippen molar-refractivity contribution in [3.05, 3.63) is 6.54 Å². The van der Waals surface area contributed by atoms with E-state index < -0.39 is 0 Å². The molecule has 0 rings (SSSR count). The molecule has 9 heavy (non-hydrogen) atoms. The summed E-state index contributed by atoms with van der Waals surface area (Å²) in [7, 11) is 2.12. The van der Waals surface area contributed by atoms with Crippen LogP contribution in [0.5, 0.6) is 0 Å². The third kappa shape index (κ3) is 4.46. The van der Waals surface area contributed by atoms with Crippen LogP contribution in [-0.2, 0) is 0 Å². The molecule has 1 atom stereocenters. The first-order chi connectivity index (χ1) is 4.20. The lowest BCUT2D eigenvalue weighted by Gasteiger charge is -2.17. The minimum atomic E-state index is 0.825. The Balaban J connectivity index is 3.22. The highest BCUT2D eigenvalue weighted by Gasteiger charge is 2.00. The van der Waals surface area contributed by atoms with Crippen LogP contribution in [0.25, 0.3) is 0 Å². The molecule has 0 saturated carbocycles. The Labute approximate surface area is 59.1 Å². The fraction of sp³-hybridized carbons (Fsp3) is 0.875. The van der Waals surface area contributed by atoms with Crippen molar-refractivity contribution >= 4 is 0 Å². The van der Waals surface area contributed by atoms with Gasteiger partial charge in [0.1, 0.15) is 0 Å². The van der Waals surface area contributed by atoms with Crippen LogP contribution < -0.4 is 0 Å². The summed E-state index contributed by atoms with van der Waals surface area (Å²) in [5.41, 5.74) is 0. The molecule has 1 radical (unpaired) electrons. The van der Waals surface area contributed by atoms with Gasteiger partial charge in [0.25, 0.3) is 0 Å². The molecule has 1 nitrogen and oxygen atoms in total. The molecule has 0 saturated heterocycles. The first-order valence-electron chi connectivity index (χ1n) is 3.70. The first kappa shape index (κ1) is 8.96. The fourth-order valence-electron chi connectivity index (χ4n) is 0.726. The van der Waals surface area contributed by atoms with E-state index in [0.717, 1.165) is 5.92 Å². The van der Waals surface area contributed by atoms with E-state index in [1.807, 2.05) is 0 Å². The Morgan fingerprint density at radius 3 is 2.44 bits per heavy atom. The molecule has 0 aliphatic carbocycles. The fourth-order valence-corrected chi connectivity index (χ4v) is 0.726. The van der Waals surface area contributed by atoms with E-state index >= 15 is 0 Å². The zero-order valence-electron chi connectivity index (χ0n) is 7.02. The molecule has 0 heterocycles. The van der Waals surface area contributed by atoms with Crippen LogP contribution in [0.3, 0.4) is 0 Å². The third-order valence-corrected chi connectivity index (χ3v) is 1.74. The molecule has 0 N–H and O–H groups in total. The Bertz CT molecular complexity index is 53.6. The smallest absolute Gasteiger partial charge is 0.0217 e. The average molecular weight is 128 g/mol. The van der Waals surface area contributed by atoms with Crippen LogP contribution in [0.4, 0.5) is 0 Å². The van der Waals surface area contributed by atoms with Gasteiger partial charge in [-0.05, 0) is 19.9 Å². The highest BCUT2D eigenvalue weighted by atomic mass is 15.1. The molecular weight excluding hydrogens is 110 g/mol.